The van der Waals surface area contributed by atoms with Crippen LogP contribution in [-0.4, -0.2) is 4.92 Å². The number of non-ortho nitro benzene ring substituents is 1. The first-order chi connectivity index (χ1) is 8.56. The molecule has 0 N–H and O–H groups in total. The Kier molecular flexibility index (Phi) is 4.18. The minimum absolute atomic E-state index is 0.0249. The van der Waals surface area contributed by atoms with Gasteiger partial charge in [0.1, 0.15) is 11.5 Å². The van der Waals surface area contributed by atoms with Crippen molar-refractivity contribution in [3.05, 3.63) is 60.6 Å². The molecular formula is C12H7BrINO3. The zero-order chi connectivity index (χ0) is 13.1. The zero-order valence-electron chi connectivity index (χ0n) is 8.97. The van der Waals surface area contributed by atoms with E-state index in [9.17, 15) is 10.1 Å². The summed E-state index contributed by atoms with van der Waals surface area (Å²) in [7, 11) is 0. The number of nitrogens with zero attached hydrogens (tertiary/aromatic N) is 1. The van der Waals surface area contributed by atoms with Crippen LogP contribution >= 0.6 is 38.5 Å². The molecule has 0 heterocycles. The fraction of sp³-hybridized carbons (Fsp3) is 0. The zero-order valence-corrected chi connectivity index (χ0v) is 12.7. The van der Waals surface area contributed by atoms with Crippen molar-refractivity contribution in [3.63, 3.8) is 0 Å². The van der Waals surface area contributed by atoms with E-state index in [1.165, 1.54) is 12.1 Å². The van der Waals surface area contributed by atoms with Crippen LogP contribution in [0.25, 0.3) is 0 Å². The summed E-state index contributed by atoms with van der Waals surface area (Å²) in [5, 5.41) is 10.6. The molecule has 0 aliphatic rings. The maximum atomic E-state index is 10.6. The van der Waals surface area contributed by atoms with Gasteiger partial charge in [0.15, 0.2) is 0 Å². The van der Waals surface area contributed by atoms with Crippen molar-refractivity contribution < 1.29 is 9.66 Å². The summed E-state index contributed by atoms with van der Waals surface area (Å²) >= 11 is 5.45. The highest BCUT2D eigenvalue weighted by molar-refractivity contribution is 14.1. The Hall–Kier alpha value is -1.15. The molecule has 0 aliphatic carbocycles. The second-order valence-corrected chi connectivity index (χ2v) is 5.53. The van der Waals surface area contributed by atoms with Crippen molar-refractivity contribution in [2.45, 2.75) is 0 Å². The van der Waals surface area contributed by atoms with Gasteiger partial charge in [0, 0.05) is 15.7 Å². The molecule has 0 aromatic heterocycles. The smallest absolute Gasteiger partial charge is 0.270 e. The van der Waals surface area contributed by atoms with Gasteiger partial charge in [-0.2, -0.15) is 0 Å². The Bertz CT molecular complexity index is 604. The fourth-order valence-electron chi connectivity index (χ4n) is 1.34. The number of ether oxygens (including phenoxy) is 1. The molecule has 0 saturated carbocycles. The summed E-state index contributed by atoms with van der Waals surface area (Å²) in [5.74, 6) is 1.24. The van der Waals surface area contributed by atoms with Gasteiger partial charge in [0.25, 0.3) is 5.69 Å². The Morgan fingerprint density at radius 3 is 2.61 bits per heavy atom. The number of halogens is 2. The van der Waals surface area contributed by atoms with E-state index in [2.05, 4.69) is 38.5 Å². The van der Waals surface area contributed by atoms with Crippen molar-refractivity contribution >= 4 is 44.2 Å². The molecule has 0 bridgehead atoms. The quantitative estimate of drug-likeness (QED) is 0.409. The Balaban J connectivity index is 2.27. The molecule has 0 amide bonds. The first-order valence-corrected chi connectivity index (χ1v) is 6.81. The summed E-state index contributed by atoms with van der Waals surface area (Å²) < 4.78 is 7.26. The maximum absolute atomic E-state index is 10.6. The second-order valence-electron chi connectivity index (χ2n) is 3.43. The van der Waals surface area contributed by atoms with Crippen molar-refractivity contribution in [3.8, 4) is 11.5 Å². The SMILES string of the molecule is O=[N+]([O-])c1ccc(Oc2cccc(I)c2)c(Br)c1. The first kappa shape index (κ1) is 13.3. The van der Waals surface area contributed by atoms with E-state index < -0.39 is 4.92 Å². The third-order valence-corrected chi connectivity index (χ3v) is 3.44. The summed E-state index contributed by atoms with van der Waals surface area (Å²) in [6.45, 7) is 0. The number of hydrogen-bond donors (Lipinski definition) is 0. The van der Waals surface area contributed by atoms with Crippen molar-refractivity contribution in [2.24, 2.45) is 0 Å². The van der Waals surface area contributed by atoms with Gasteiger partial charge < -0.3 is 4.74 Å². The number of nitro groups is 1. The van der Waals surface area contributed by atoms with Gasteiger partial charge in [0.05, 0.1) is 9.40 Å². The van der Waals surface area contributed by atoms with Crippen LogP contribution in [0.3, 0.4) is 0 Å². The molecule has 0 unspecified atom stereocenters. The molecule has 0 radical (unpaired) electrons. The minimum atomic E-state index is -0.444. The van der Waals surface area contributed by atoms with Gasteiger partial charge in [-0.3, -0.25) is 10.1 Å². The van der Waals surface area contributed by atoms with Gasteiger partial charge in [0.2, 0.25) is 0 Å². The topological polar surface area (TPSA) is 52.4 Å². The summed E-state index contributed by atoms with van der Waals surface area (Å²) in [5.41, 5.74) is 0.0249. The van der Waals surface area contributed by atoms with Crippen LogP contribution < -0.4 is 4.74 Å². The molecule has 0 aliphatic heterocycles. The molecule has 4 nitrogen and oxygen atoms in total. The molecule has 92 valence electrons. The van der Waals surface area contributed by atoms with Crippen molar-refractivity contribution in [2.75, 3.05) is 0 Å². The molecule has 0 fully saturated rings. The molecule has 0 saturated heterocycles. The molecule has 0 spiro atoms. The van der Waals surface area contributed by atoms with E-state index in [-0.39, 0.29) is 5.69 Å². The van der Waals surface area contributed by atoms with Crippen LogP contribution in [0.15, 0.2) is 46.9 Å². The van der Waals surface area contributed by atoms with Gasteiger partial charge in [-0.1, -0.05) is 6.07 Å². The van der Waals surface area contributed by atoms with E-state index in [4.69, 9.17) is 4.74 Å². The molecule has 6 heteroatoms. The number of rotatable bonds is 3. The lowest BCUT2D eigenvalue weighted by atomic mass is 10.3. The highest BCUT2D eigenvalue weighted by Gasteiger charge is 2.10. The first-order valence-electron chi connectivity index (χ1n) is 4.93. The average molecular weight is 420 g/mol. The van der Waals surface area contributed by atoms with Crippen LogP contribution in [-0.2, 0) is 0 Å². The Labute approximate surface area is 125 Å². The van der Waals surface area contributed by atoms with E-state index in [1.807, 2.05) is 24.3 Å². The number of hydrogen-bond acceptors (Lipinski definition) is 3. The fourth-order valence-corrected chi connectivity index (χ4v) is 2.31. The average Bonchev–Trinajstić information content (AvgIpc) is 2.31. The molecule has 2 rings (SSSR count). The summed E-state index contributed by atoms with van der Waals surface area (Å²) in [6, 6.07) is 12.0. The monoisotopic (exact) mass is 419 g/mol. The lowest BCUT2D eigenvalue weighted by molar-refractivity contribution is -0.384. The lowest BCUT2D eigenvalue weighted by Gasteiger charge is -2.07. The summed E-state index contributed by atoms with van der Waals surface area (Å²) in [4.78, 5) is 10.2. The summed E-state index contributed by atoms with van der Waals surface area (Å²) in [6.07, 6.45) is 0. The van der Waals surface area contributed by atoms with Crippen LogP contribution in [0.1, 0.15) is 0 Å². The van der Waals surface area contributed by atoms with Crippen LogP contribution in [0.5, 0.6) is 11.5 Å². The van der Waals surface area contributed by atoms with Crippen LogP contribution in [0.2, 0.25) is 0 Å². The molecule has 18 heavy (non-hydrogen) atoms. The Morgan fingerprint density at radius 2 is 2.00 bits per heavy atom. The van der Waals surface area contributed by atoms with Crippen LogP contribution in [0, 0.1) is 13.7 Å². The van der Waals surface area contributed by atoms with Gasteiger partial charge in [-0.15, -0.1) is 0 Å². The number of nitro benzene ring substituents is 1. The maximum Gasteiger partial charge on any atom is 0.270 e. The molecule has 2 aromatic rings. The largest absolute Gasteiger partial charge is 0.456 e. The van der Waals surface area contributed by atoms with Crippen molar-refractivity contribution in [1.82, 2.24) is 0 Å². The van der Waals surface area contributed by atoms with Gasteiger partial charge >= 0.3 is 0 Å². The highest BCUT2D eigenvalue weighted by atomic mass is 127. The second kappa shape index (κ2) is 5.66. The highest BCUT2D eigenvalue weighted by Crippen LogP contribution is 2.32. The van der Waals surface area contributed by atoms with Crippen LogP contribution in [0.4, 0.5) is 5.69 Å². The van der Waals surface area contributed by atoms with Crippen molar-refractivity contribution in [1.29, 1.82) is 0 Å². The third kappa shape index (κ3) is 3.20. The van der Waals surface area contributed by atoms with E-state index >= 15 is 0 Å². The van der Waals surface area contributed by atoms with Gasteiger partial charge in [-0.25, -0.2) is 0 Å². The standard InChI is InChI=1S/C12H7BrINO3/c13-11-7-9(15(16)17)4-5-12(11)18-10-3-1-2-8(14)6-10/h1-7H. The molecule has 0 atom stereocenters. The molecule has 2 aromatic carbocycles. The normalized spacial score (nSPS) is 10.1. The van der Waals surface area contributed by atoms with E-state index in [0.717, 1.165) is 3.57 Å². The predicted molar refractivity (Wildman–Crippen MR) is 80.0 cm³/mol. The van der Waals surface area contributed by atoms with E-state index in [0.29, 0.717) is 16.0 Å². The molecular weight excluding hydrogens is 413 g/mol. The van der Waals surface area contributed by atoms with E-state index in [1.54, 1.807) is 6.07 Å². The predicted octanol–water partition coefficient (Wildman–Crippen LogP) is 4.75. The third-order valence-electron chi connectivity index (χ3n) is 2.15. The minimum Gasteiger partial charge on any atom is -0.456 e. The van der Waals surface area contributed by atoms with Gasteiger partial charge in [-0.05, 0) is 62.8 Å². The lowest BCUT2D eigenvalue weighted by Crippen LogP contribution is -1.90. The number of benzene rings is 2. The Morgan fingerprint density at radius 1 is 1.22 bits per heavy atom.